The van der Waals surface area contributed by atoms with Gasteiger partial charge in [-0.1, -0.05) is 11.6 Å². The van der Waals surface area contributed by atoms with E-state index < -0.39 is 10.8 Å². The smallest absolute Gasteiger partial charge is 0.131 e. The van der Waals surface area contributed by atoms with Gasteiger partial charge in [0.15, 0.2) is 0 Å². The number of hydrogen-bond donors (Lipinski definition) is 1. The highest BCUT2D eigenvalue weighted by atomic mass is 35.5. The minimum absolute atomic E-state index is 0.471. The lowest BCUT2D eigenvalue weighted by molar-refractivity contribution is 0.680. The van der Waals surface area contributed by atoms with Gasteiger partial charge >= 0.3 is 0 Å². The van der Waals surface area contributed by atoms with Crippen LogP contribution in [-0.2, 0) is 23.6 Å². The lowest BCUT2D eigenvalue weighted by Crippen LogP contribution is -2.07. The van der Waals surface area contributed by atoms with Crippen molar-refractivity contribution in [2.45, 2.75) is 19.1 Å². The Labute approximate surface area is 97.2 Å². The molecule has 0 radical (unpaired) electrons. The molecule has 1 aromatic heterocycles. The van der Waals surface area contributed by atoms with Crippen molar-refractivity contribution in [3.05, 3.63) is 16.4 Å². The highest BCUT2D eigenvalue weighted by molar-refractivity contribution is 7.84. The first-order valence-corrected chi connectivity index (χ1v) is 6.66. The molecule has 0 fully saturated rings. The highest BCUT2D eigenvalue weighted by Gasteiger charge is 2.13. The van der Waals surface area contributed by atoms with Crippen LogP contribution in [0.4, 0.5) is 0 Å². The molecule has 0 saturated heterocycles. The van der Waals surface area contributed by atoms with Gasteiger partial charge in [-0.2, -0.15) is 5.10 Å². The van der Waals surface area contributed by atoms with Crippen molar-refractivity contribution >= 4 is 22.4 Å². The standard InChI is InChI=1S/C9H16ClN3OS/c1-7-8(9(10)13(2)12-7)6-15(14)5-3-4-11/h3-6,11H2,1-2H3. The summed E-state index contributed by atoms with van der Waals surface area (Å²) >= 11 is 6.03. The lowest BCUT2D eigenvalue weighted by Gasteiger charge is -2.01. The Bertz CT molecular complexity index is 364. The zero-order valence-electron chi connectivity index (χ0n) is 8.99. The largest absolute Gasteiger partial charge is 0.330 e. The minimum Gasteiger partial charge on any atom is -0.330 e. The minimum atomic E-state index is -0.896. The summed E-state index contributed by atoms with van der Waals surface area (Å²) in [6.45, 7) is 2.45. The molecule has 1 unspecified atom stereocenters. The van der Waals surface area contributed by atoms with Gasteiger partial charge < -0.3 is 5.73 Å². The van der Waals surface area contributed by atoms with E-state index in [0.717, 1.165) is 17.7 Å². The maximum atomic E-state index is 11.6. The predicted molar refractivity (Wildman–Crippen MR) is 63.3 cm³/mol. The average molecular weight is 250 g/mol. The maximum Gasteiger partial charge on any atom is 0.131 e. The van der Waals surface area contributed by atoms with Crippen LogP contribution in [0.1, 0.15) is 17.7 Å². The van der Waals surface area contributed by atoms with Crippen molar-refractivity contribution in [2.24, 2.45) is 12.8 Å². The zero-order valence-corrected chi connectivity index (χ0v) is 10.6. The Balaban J connectivity index is 2.68. The van der Waals surface area contributed by atoms with Crippen LogP contribution in [0.3, 0.4) is 0 Å². The number of hydrogen-bond acceptors (Lipinski definition) is 3. The van der Waals surface area contributed by atoms with Crippen molar-refractivity contribution in [3.63, 3.8) is 0 Å². The van der Waals surface area contributed by atoms with Crippen LogP contribution in [0.2, 0.25) is 5.15 Å². The Morgan fingerprint density at radius 1 is 1.60 bits per heavy atom. The molecule has 86 valence electrons. The molecule has 15 heavy (non-hydrogen) atoms. The predicted octanol–water partition coefficient (Wildman–Crippen LogP) is 0.979. The molecular formula is C9H16ClN3OS. The number of aromatic nitrogens is 2. The van der Waals surface area contributed by atoms with Crippen molar-refractivity contribution < 1.29 is 4.21 Å². The fourth-order valence-electron chi connectivity index (χ4n) is 1.32. The summed E-state index contributed by atoms with van der Waals surface area (Å²) in [5, 5.41) is 4.75. The normalized spacial score (nSPS) is 13.1. The fraction of sp³-hybridized carbons (Fsp3) is 0.667. The van der Waals surface area contributed by atoms with Gasteiger partial charge in [0.25, 0.3) is 0 Å². The Morgan fingerprint density at radius 3 is 2.73 bits per heavy atom. The first kappa shape index (κ1) is 12.7. The second kappa shape index (κ2) is 5.63. The molecule has 0 aliphatic carbocycles. The summed E-state index contributed by atoms with van der Waals surface area (Å²) in [7, 11) is 0.884. The SMILES string of the molecule is Cc1nn(C)c(Cl)c1CS(=O)CCCN. The van der Waals surface area contributed by atoms with Gasteiger partial charge in [0.05, 0.1) is 11.4 Å². The molecule has 6 heteroatoms. The third-order valence-electron chi connectivity index (χ3n) is 2.15. The topological polar surface area (TPSA) is 60.9 Å². The molecule has 0 bridgehead atoms. The van der Waals surface area contributed by atoms with Gasteiger partial charge in [-0.3, -0.25) is 8.89 Å². The zero-order chi connectivity index (χ0) is 11.4. The van der Waals surface area contributed by atoms with Crippen LogP contribution in [0.25, 0.3) is 0 Å². The molecule has 0 amide bonds. The molecule has 2 N–H and O–H groups in total. The number of aryl methyl sites for hydroxylation is 2. The van der Waals surface area contributed by atoms with Gasteiger partial charge in [-0.05, 0) is 19.9 Å². The number of nitrogens with zero attached hydrogens (tertiary/aromatic N) is 2. The Hall–Kier alpha value is -0.390. The second-order valence-corrected chi connectivity index (χ2v) is 5.34. The number of rotatable bonds is 5. The van der Waals surface area contributed by atoms with E-state index in [4.69, 9.17) is 17.3 Å². The van der Waals surface area contributed by atoms with Crippen molar-refractivity contribution in [2.75, 3.05) is 12.3 Å². The van der Waals surface area contributed by atoms with Crippen LogP contribution in [0, 0.1) is 6.92 Å². The Kier molecular flexibility index (Phi) is 4.76. The molecule has 4 nitrogen and oxygen atoms in total. The molecular weight excluding hydrogens is 234 g/mol. The van der Waals surface area contributed by atoms with E-state index in [1.165, 1.54) is 0 Å². The van der Waals surface area contributed by atoms with Crippen LogP contribution < -0.4 is 5.73 Å². The number of halogens is 1. The van der Waals surface area contributed by atoms with E-state index in [2.05, 4.69) is 5.10 Å². The van der Waals surface area contributed by atoms with Gasteiger partial charge in [0.2, 0.25) is 0 Å². The van der Waals surface area contributed by atoms with Crippen LogP contribution >= 0.6 is 11.6 Å². The molecule has 0 aliphatic heterocycles. The van der Waals surface area contributed by atoms with E-state index in [0.29, 0.717) is 23.2 Å². The molecule has 1 heterocycles. The summed E-state index contributed by atoms with van der Waals surface area (Å²) in [4.78, 5) is 0. The molecule has 0 spiro atoms. The first-order chi connectivity index (χ1) is 7.06. The third-order valence-corrected chi connectivity index (χ3v) is 3.98. The number of nitrogens with two attached hydrogens (primary N) is 1. The van der Waals surface area contributed by atoms with E-state index in [1.54, 1.807) is 11.7 Å². The first-order valence-electron chi connectivity index (χ1n) is 4.79. The fourth-order valence-corrected chi connectivity index (χ4v) is 2.94. The second-order valence-electron chi connectivity index (χ2n) is 3.41. The maximum absolute atomic E-state index is 11.6. The highest BCUT2D eigenvalue weighted by Crippen LogP contribution is 2.20. The molecule has 0 aliphatic rings. The van der Waals surface area contributed by atoms with Crippen LogP contribution in [0.5, 0.6) is 0 Å². The monoisotopic (exact) mass is 249 g/mol. The molecule has 0 aromatic carbocycles. The summed E-state index contributed by atoms with van der Waals surface area (Å²) in [6, 6.07) is 0. The molecule has 0 saturated carbocycles. The summed E-state index contributed by atoms with van der Waals surface area (Å²) < 4.78 is 13.2. The van der Waals surface area contributed by atoms with Gasteiger partial charge in [-0.15, -0.1) is 0 Å². The van der Waals surface area contributed by atoms with E-state index in [1.807, 2.05) is 6.92 Å². The summed E-state index contributed by atoms with van der Waals surface area (Å²) in [5.74, 6) is 1.10. The lowest BCUT2D eigenvalue weighted by atomic mass is 10.3. The van der Waals surface area contributed by atoms with Gasteiger partial charge in [-0.25, -0.2) is 0 Å². The molecule has 1 aromatic rings. The van der Waals surface area contributed by atoms with Gasteiger partial charge in [0, 0.05) is 29.2 Å². The van der Waals surface area contributed by atoms with Crippen molar-refractivity contribution in [3.8, 4) is 0 Å². The third kappa shape index (κ3) is 3.29. The van der Waals surface area contributed by atoms with Crippen molar-refractivity contribution in [1.29, 1.82) is 0 Å². The van der Waals surface area contributed by atoms with Crippen LogP contribution in [-0.4, -0.2) is 26.3 Å². The van der Waals surface area contributed by atoms with Crippen LogP contribution in [0.15, 0.2) is 0 Å². The van der Waals surface area contributed by atoms with E-state index in [-0.39, 0.29) is 0 Å². The van der Waals surface area contributed by atoms with E-state index in [9.17, 15) is 4.21 Å². The van der Waals surface area contributed by atoms with E-state index >= 15 is 0 Å². The Morgan fingerprint density at radius 2 is 2.27 bits per heavy atom. The quantitative estimate of drug-likeness (QED) is 0.846. The average Bonchev–Trinajstić information content (AvgIpc) is 2.42. The summed E-state index contributed by atoms with van der Waals surface area (Å²) in [5.41, 5.74) is 7.09. The summed E-state index contributed by atoms with van der Waals surface area (Å²) in [6.07, 6.45) is 0.781. The molecule has 1 rings (SSSR count). The molecule has 1 atom stereocenters. The van der Waals surface area contributed by atoms with Crippen molar-refractivity contribution in [1.82, 2.24) is 9.78 Å². The van der Waals surface area contributed by atoms with Gasteiger partial charge in [0.1, 0.15) is 5.15 Å².